The number of aromatic nitrogens is 1. The average Bonchev–Trinajstić information content (AvgIpc) is 3.00. The number of thiophene rings is 1. The van der Waals surface area contributed by atoms with E-state index in [1.165, 1.54) is 17.4 Å². The third kappa shape index (κ3) is 4.84. The highest BCUT2D eigenvalue weighted by atomic mass is 127. The lowest BCUT2D eigenvalue weighted by atomic mass is 10.0. The molecule has 0 bridgehead atoms. The Bertz CT molecular complexity index is 1010. The van der Waals surface area contributed by atoms with E-state index in [2.05, 4.69) is 10.5 Å². The molecule has 3 aromatic rings. The van der Waals surface area contributed by atoms with Crippen molar-refractivity contribution in [3.63, 3.8) is 0 Å². The van der Waals surface area contributed by atoms with Crippen LogP contribution in [0.2, 0.25) is 0 Å². The molecule has 1 amide bonds. The highest BCUT2D eigenvalue weighted by Gasteiger charge is 2.21. The molecule has 0 radical (unpaired) electrons. The number of amides is 1. The number of hydroxylamine groups is 1. The summed E-state index contributed by atoms with van der Waals surface area (Å²) in [5.41, 5.74) is 4.03. The van der Waals surface area contributed by atoms with Crippen LogP contribution in [0.1, 0.15) is 26.4 Å². The van der Waals surface area contributed by atoms with Crippen molar-refractivity contribution in [2.24, 2.45) is 0 Å². The topological polar surface area (TPSA) is 91.7 Å². The number of carbonyl (C=O) groups is 1. The second kappa shape index (κ2) is 9.23. The highest BCUT2D eigenvalue weighted by molar-refractivity contribution is 14.1. The van der Waals surface area contributed by atoms with Crippen LogP contribution in [0.5, 0.6) is 0 Å². The molecular weight excluding hydrogens is 498 g/mol. The van der Waals surface area contributed by atoms with Crippen molar-refractivity contribution in [3.8, 4) is 0 Å². The monoisotopic (exact) mass is 516 g/mol. The molecule has 2 heterocycles. The number of nitrogens with one attached hydrogen (secondary N) is 1. The van der Waals surface area contributed by atoms with E-state index >= 15 is 0 Å². The Morgan fingerprint density at radius 2 is 2.21 bits per heavy atom. The van der Waals surface area contributed by atoms with E-state index in [9.17, 15) is 14.3 Å². The fraction of sp³-hybridized carbons (Fsp3) is 0.263. The van der Waals surface area contributed by atoms with Crippen LogP contribution in [0.4, 0.5) is 4.39 Å². The number of aliphatic hydroxyl groups is 2. The summed E-state index contributed by atoms with van der Waals surface area (Å²) in [7, 11) is 0. The largest absolute Gasteiger partial charge is 0.394 e. The normalized spacial score (nSPS) is 12.3. The molecule has 3 N–H and O–H groups in total. The summed E-state index contributed by atoms with van der Waals surface area (Å²) in [5, 5.41) is 18.8. The first-order valence-electron chi connectivity index (χ1n) is 8.42. The molecule has 0 aliphatic heterocycles. The first-order valence-corrected chi connectivity index (χ1v) is 10.3. The van der Waals surface area contributed by atoms with E-state index < -0.39 is 18.6 Å². The second-order valence-corrected chi connectivity index (χ2v) is 8.59. The van der Waals surface area contributed by atoms with Gasteiger partial charge < -0.3 is 10.2 Å². The number of aryl methyl sites for hydroxylation is 1. The van der Waals surface area contributed by atoms with Crippen molar-refractivity contribution in [2.45, 2.75) is 19.4 Å². The van der Waals surface area contributed by atoms with Gasteiger partial charge in [0.25, 0.3) is 5.91 Å². The lowest BCUT2D eigenvalue weighted by Gasteiger charge is -2.10. The number of carbonyl (C=O) groups excluding carboxylic acids is 1. The summed E-state index contributed by atoms with van der Waals surface area (Å²) < 4.78 is 15.1. The molecule has 0 spiro atoms. The van der Waals surface area contributed by atoms with Gasteiger partial charge in [0.1, 0.15) is 23.4 Å². The minimum atomic E-state index is -1.09. The SMILES string of the molecule is Cc1cnc2sc(Cc3ccc(I)cc3F)c(C(=O)NOC[C@H](O)CO)c2c1. The molecule has 28 heavy (non-hydrogen) atoms. The van der Waals surface area contributed by atoms with E-state index in [0.717, 1.165) is 9.13 Å². The zero-order valence-corrected chi connectivity index (χ0v) is 17.9. The van der Waals surface area contributed by atoms with Crippen molar-refractivity contribution in [1.29, 1.82) is 0 Å². The number of aliphatic hydroxyl groups excluding tert-OH is 2. The smallest absolute Gasteiger partial charge is 0.276 e. The molecule has 0 saturated carbocycles. The number of benzene rings is 1. The van der Waals surface area contributed by atoms with Gasteiger partial charge in [0.15, 0.2) is 0 Å². The number of halogens is 2. The van der Waals surface area contributed by atoms with Gasteiger partial charge in [-0.3, -0.25) is 9.63 Å². The summed E-state index contributed by atoms with van der Waals surface area (Å²) in [5.74, 6) is -0.841. The van der Waals surface area contributed by atoms with Gasteiger partial charge in [-0.05, 0) is 58.8 Å². The van der Waals surface area contributed by atoms with Crippen LogP contribution < -0.4 is 5.48 Å². The minimum Gasteiger partial charge on any atom is -0.394 e. The van der Waals surface area contributed by atoms with Gasteiger partial charge in [0, 0.05) is 26.5 Å². The van der Waals surface area contributed by atoms with Gasteiger partial charge in [-0.1, -0.05) is 6.07 Å². The van der Waals surface area contributed by atoms with Crippen molar-refractivity contribution in [2.75, 3.05) is 13.2 Å². The van der Waals surface area contributed by atoms with Crippen molar-refractivity contribution in [3.05, 3.63) is 61.4 Å². The number of pyridine rings is 1. The number of hydrogen-bond donors (Lipinski definition) is 3. The maximum atomic E-state index is 14.3. The molecular formula is C19H18FIN2O4S. The van der Waals surface area contributed by atoms with Gasteiger partial charge in [-0.2, -0.15) is 0 Å². The first kappa shape index (κ1) is 21.1. The first-order chi connectivity index (χ1) is 13.4. The molecule has 2 aromatic heterocycles. The predicted octanol–water partition coefficient (Wildman–Crippen LogP) is 2.95. The van der Waals surface area contributed by atoms with Gasteiger partial charge in [0.05, 0.1) is 12.2 Å². The van der Waals surface area contributed by atoms with Crippen molar-refractivity contribution in [1.82, 2.24) is 10.5 Å². The summed E-state index contributed by atoms with van der Waals surface area (Å²) >= 11 is 3.37. The highest BCUT2D eigenvalue weighted by Crippen LogP contribution is 2.33. The second-order valence-electron chi connectivity index (χ2n) is 6.26. The molecule has 1 atom stereocenters. The summed E-state index contributed by atoms with van der Waals surface area (Å²) in [6.45, 7) is 1.15. The molecule has 0 unspecified atom stereocenters. The standard InChI is InChI=1S/C19H18FIN2O4S/c1-10-4-14-17(18(26)23-27-9-13(25)8-24)16(28-19(14)22-7-10)5-11-2-3-12(21)6-15(11)20/h2-4,6-7,13,24-25H,5,8-9H2,1H3,(H,23,26)/t13-/m1/s1. The third-order valence-electron chi connectivity index (χ3n) is 4.00. The molecule has 0 saturated heterocycles. The van der Waals surface area contributed by atoms with Gasteiger partial charge >= 0.3 is 0 Å². The van der Waals surface area contributed by atoms with E-state index in [0.29, 0.717) is 26.2 Å². The number of hydrogen-bond acceptors (Lipinski definition) is 6. The van der Waals surface area contributed by atoms with Crippen molar-refractivity contribution >= 4 is 50.1 Å². The molecule has 0 aliphatic carbocycles. The molecule has 9 heteroatoms. The lowest BCUT2D eigenvalue weighted by Crippen LogP contribution is -2.30. The van der Waals surface area contributed by atoms with Crippen molar-refractivity contribution < 1.29 is 24.2 Å². The van der Waals surface area contributed by atoms with E-state index in [-0.39, 0.29) is 18.8 Å². The van der Waals surface area contributed by atoms with Crippen LogP contribution in [0.25, 0.3) is 10.2 Å². The van der Waals surface area contributed by atoms with Crippen LogP contribution in [-0.2, 0) is 11.3 Å². The Morgan fingerprint density at radius 3 is 2.93 bits per heavy atom. The Kier molecular flexibility index (Phi) is 6.94. The van der Waals surface area contributed by atoms with Crippen LogP contribution in [-0.4, -0.2) is 40.4 Å². The summed E-state index contributed by atoms with van der Waals surface area (Å²) in [6, 6.07) is 6.82. The van der Waals surface area contributed by atoms with Gasteiger partial charge in [-0.15, -0.1) is 11.3 Å². The quantitative estimate of drug-likeness (QED) is 0.332. The van der Waals surface area contributed by atoms with E-state index in [4.69, 9.17) is 9.94 Å². The Hall–Kier alpha value is -1.66. The van der Waals surface area contributed by atoms with Crippen LogP contribution in [0, 0.1) is 16.3 Å². The molecule has 1 aromatic carbocycles. The Balaban J connectivity index is 1.95. The number of rotatable bonds is 7. The zero-order chi connectivity index (χ0) is 20.3. The molecule has 0 fully saturated rings. The molecule has 0 aliphatic rings. The fourth-order valence-electron chi connectivity index (χ4n) is 2.65. The Morgan fingerprint density at radius 1 is 1.43 bits per heavy atom. The lowest BCUT2D eigenvalue weighted by molar-refractivity contribution is -0.0294. The van der Waals surface area contributed by atoms with Crippen LogP contribution >= 0.6 is 33.9 Å². The van der Waals surface area contributed by atoms with E-state index in [1.807, 2.05) is 41.6 Å². The average molecular weight is 516 g/mol. The maximum Gasteiger partial charge on any atom is 0.276 e. The molecule has 6 nitrogen and oxygen atoms in total. The van der Waals surface area contributed by atoms with E-state index in [1.54, 1.807) is 12.3 Å². The third-order valence-corrected chi connectivity index (χ3v) is 5.78. The number of nitrogens with zero attached hydrogens (tertiary/aromatic N) is 1. The van der Waals surface area contributed by atoms with Crippen LogP contribution in [0.3, 0.4) is 0 Å². The van der Waals surface area contributed by atoms with Gasteiger partial charge in [0.2, 0.25) is 0 Å². The zero-order valence-electron chi connectivity index (χ0n) is 14.9. The van der Waals surface area contributed by atoms with Gasteiger partial charge in [-0.25, -0.2) is 14.9 Å². The molecule has 3 rings (SSSR count). The maximum absolute atomic E-state index is 14.3. The fourth-order valence-corrected chi connectivity index (χ4v) is 4.25. The molecule has 148 valence electrons. The van der Waals surface area contributed by atoms with Crippen LogP contribution in [0.15, 0.2) is 30.5 Å². The summed E-state index contributed by atoms with van der Waals surface area (Å²) in [6.07, 6.45) is 0.859. The Labute approximate surface area is 178 Å². The number of fused-ring (bicyclic) bond motifs is 1. The summed E-state index contributed by atoms with van der Waals surface area (Å²) in [4.78, 5) is 23.5. The predicted molar refractivity (Wildman–Crippen MR) is 113 cm³/mol. The minimum absolute atomic E-state index is 0.241.